The van der Waals surface area contributed by atoms with Crippen LogP contribution in [0.3, 0.4) is 0 Å². The molecule has 16 heavy (non-hydrogen) atoms. The molecule has 0 radical (unpaired) electrons. The monoisotopic (exact) mass is 220 g/mol. The topological polar surface area (TPSA) is 31.0 Å². The molecule has 3 rings (SSSR count). The van der Waals surface area contributed by atoms with Crippen molar-refractivity contribution in [3.63, 3.8) is 0 Å². The van der Waals surface area contributed by atoms with Crippen molar-refractivity contribution < 1.29 is 14.2 Å². The summed E-state index contributed by atoms with van der Waals surface area (Å²) in [5, 5.41) is 0. The fourth-order valence-electron chi connectivity index (χ4n) is 2.09. The van der Waals surface area contributed by atoms with Gasteiger partial charge in [0.2, 0.25) is 0 Å². The first-order valence-corrected chi connectivity index (χ1v) is 5.87. The highest BCUT2D eigenvalue weighted by molar-refractivity contribution is 5.43. The second-order valence-electron chi connectivity index (χ2n) is 4.40. The number of aryl methyl sites for hydroxylation is 1. The van der Waals surface area contributed by atoms with E-state index < -0.39 is 0 Å². The van der Waals surface area contributed by atoms with Gasteiger partial charge in [0, 0.05) is 0 Å². The van der Waals surface area contributed by atoms with Crippen LogP contribution in [-0.4, -0.2) is 25.4 Å². The zero-order valence-electron chi connectivity index (χ0n) is 9.44. The maximum atomic E-state index is 5.55. The summed E-state index contributed by atoms with van der Waals surface area (Å²) < 4.78 is 16.4. The normalized spacial score (nSPS) is 26.6. The molecule has 1 fully saturated rings. The largest absolute Gasteiger partial charge is 0.486 e. The molecule has 2 unspecified atom stereocenters. The average molecular weight is 220 g/mol. The molecule has 1 aromatic rings. The molecule has 2 aliphatic rings. The lowest BCUT2D eigenvalue weighted by atomic mass is 10.1. The van der Waals surface area contributed by atoms with E-state index >= 15 is 0 Å². The van der Waals surface area contributed by atoms with E-state index in [1.807, 2.05) is 6.07 Å². The maximum Gasteiger partial charge on any atom is 0.161 e. The van der Waals surface area contributed by atoms with Crippen LogP contribution in [0.15, 0.2) is 18.2 Å². The van der Waals surface area contributed by atoms with Gasteiger partial charge in [-0.2, -0.15) is 0 Å². The molecular weight excluding hydrogens is 204 g/mol. The molecule has 1 aromatic carbocycles. The van der Waals surface area contributed by atoms with E-state index in [1.165, 1.54) is 5.56 Å². The molecular formula is C13H16O3. The number of benzene rings is 1. The minimum Gasteiger partial charge on any atom is -0.486 e. The van der Waals surface area contributed by atoms with Gasteiger partial charge in [0.05, 0.1) is 12.2 Å². The molecule has 2 aliphatic heterocycles. The summed E-state index contributed by atoms with van der Waals surface area (Å²) in [6.45, 7) is 3.42. The van der Waals surface area contributed by atoms with Crippen molar-refractivity contribution in [2.45, 2.75) is 32.0 Å². The molecule has 0 aliphatic carbocycles. The van der Waals surface area contributed by atoms with Crippen molar-refractivity contribution in [1.29, 1.82) is 0 Å². The van der Waals surface area contributed by atoms with E-state index in [0.29, 0.717) is 25.4 Å². The number of epoxide rings is 1. The minimum absolute atomic E-state index is 0.456. The Morgan fingerprint density at radius 2 is 1.94 bits per heavy atom. The summed E-state index contributed by atoms with van der Waals surface area (Å²) in [5.74, 6) is 1.75. The first kappa shape index (κ1) is 9.97. The highest BCUT2D eigenvalue weighted by Gasteiger charge is 2.33. The van der Waals surface area contributed by atoms with Crippen molar-refractivity contribution in [2.75, 3.05) is 13.2 Å². The number of ether oxygens (including phenoxy) is 3. The van der Waals surface area contributed by atoms with Gasteiger partial charge in [-0.25, -0.2) is 0 Å². The third kappa shape index (κ3) is 2.00. The number of hydrogen-bond acceptors (Lipinski definition) is 3. The van der Waals surface area contributed by atoms with Crippen molar-refractivity contribution in [3.8, 4) is 11.5 Å². The van der Waals surface area contributed by atoms with Gasteiger partial charge in [-0.1, -0.05) is 6.07 Å². The number of hydrogen-bond donors (Lipinski definition) is 0. The molecule has 3 nitrogen and oxygen atoms in total. The molecule has 0 amide bonds. The van der Waals surface area contributed by atoms with Gasteiger partial charge in [-0.15, -0.1) is 0 Å². The van der Waals surface area contributed by atoms with Crippen LogP contribution in [0.5, 0.6) is 11.5 Å². The smallest absolute Gasteiger partial charge is 0.161 e. The summed E-state index contributed by atoms with van der Waals surface area (Å²) in [6, 6.07) is 6.20. The molecule has 0 aromatic heterocycles. The van der Waals surface area contributed by atoms with Gasteiger partial charge >= 0.3 is 0 Å². The van der Waals surface area contributed by atoms with Gasteiger partial charge in [-0.05, 0) is 37.5 Å². The first-order chi connectivity index (χ1) is 7.83. The zero-order chi connectivity index (χ0) is 11.0. The first-order valence-electron chi connectivity index (χ1n) is 5.87. The van der Waals surface area contributed by atoms with Gasteiger partial charge in [-0.3, -0.25) is 0 Å². The van der Waals surface area contributed by atoms with Crippen molar-refractivity contribution in [2.24, 2.45) is 0 Å². The Morgan fingerprint density at radius 3 is 2.69 bits per heavy atom. The van der Waals surface area contributed by atoms with Crippen LogP contribution in [0.2, 0.25) is 0 Å². The van der Waals surface area contributed by atoms with Crippen LogP contribution in [0.25, 0.3) is 0 Å². The highest BCUT2D eigenvalue weighted by Crippen LogP contribution is 2.32. The Bertz CT molecular complexity index is 389. The predicted molar refractivity (Wildman–Crippen MR) is 60.1 cm³/mol. The summed E-state index contributed by atoms with van der Waals surface area (Å²) >= 11 is 0. The lowest BCUT2D eigenvalue weighted by Gasteiger charge is -2.18. The highest BCUT2D eigenvalue weighted by atomic mass is 16.6. The standard InChI is InChI=1S/C13H16O3/c1-9-11(16-9)4-2-10-3-5-12-13(8-10)15-7-6-14-12/h3,5,8-9,11H,2,4,6-7H2,1H3. The molecule has 2 atom stereocenters. The van der Waals surface area contributed by atoms with Gasteiger partial charge in [0.15, 0.2) is 11.5 Å². The summed E-state index contributed by atoms with van der Waals surface area (Å²) in [5.41, 5.74) is 1.30. The Hall–Kier alpha value is -1.22. The van der Waals surface area contributed by atoms with Gasteiger partial charge in [0.1, 0.15) is 13.2 Å². The van der Waals surface area contributed by atoms with E-state index in [9.17, 15) is 0 Å². The maximum absolute atomic E-state index is 5.55. The molecule has 0 spiro atoms. The minimum atomic E-state index is 0.456. The van der Waals surface area contributed by atoms with E-state index in [4.69, 9.17) is 14.2 Å². The second kappa shape index (κ2) is 3.98. The summed E-state index contributed by atoms with van der Waals surface area (Å²) in [4.78, 5) is 0. The van der Waals surface area contributed by atoms with Crippen molar-refractivity contribution >= 4 is 0 Å². The third-order valence-corrected chi connectivity index (χ3v) is 3.16. The molecule has 0 N–H and O–H groups in total. The Balaban J connectivity index is 1.66. The molecule has 0 saturated carbocycles. The van der Waals surface area contributed by atoms with E-state index in [0.717, 1.165) is 24.3 Å². The van der Waals surface area contributed by atoms with E-state index in [-0.39, 0.29) is 0 Å². The zero-order valence-corrected chi connectivity index (χ0v) is 9.44. The van der Waals surface area contributed by atoms with Crippen LogP contribution >= 0.6 is 0 Å². The lowest BCUT2D eigenvalue weighted by Crippen LogP contribution is -2.15. The molecule has 86 valence electrons. The van der Waals surface area contributed by atoms with Crippen LogP contribution in [0.1, 0.15) is 18.9 Å². The van der Waals surface area contributed by atoms with Crippen LogP contribution in [0, 0.1) is 0 Å². The fraction of sp³-hybridized carbons (Fsp3) is 0.538. The summed E-state index contributed by atoms with van der Waals surface area (Å²) in [7, 11) is 0. The fourth-order valence-corrected chi connectivity index (χ4v) is 2.09. The van der Waals surface area contributed by atoms with Gasteiger partial charge < -0.3 is 14.2 Å². The Labute approximate surface area is 95.3 Å². The molecule has 2 heterocycles. The molecule has 0 bridgehead atoms. The third-order valence-electron chi connectivity index (χ3n) is 3.16. The average Bonchev–Trinajstić information content (AvgIpc) is 3.03. The quantitative estimate of drug-likeness (QED) is 0.731. The Morgan fingerprint density at radius 1 is 1.19 bits per heavy atom. The second-order valence-corrected chi connectivity index (χ2v) is 4.40. The van der Waals surface area contributed by atoms with Crippen molar-refractivity contribution in [3.05, 3.63) is 23.8 Å². The van der Waals surface area contributed by atoms with Crippen molar-refractivity contribution in [1.82, 2.24) is 0 Å². The number of rotatable bonds is 3. The van der Waals surface area contributed by atoms with E-state index in [1.54, 1.807) is 0 Å². The van der Waals surface area contributed by atoms with Crippen LogP contribution < -0.4 is 9.47 Å². The SMILES string of the molecule is CC1OC1CCc1ccc2c(c1)OCCO2. The molecule has 3 heteroatoms. The Kier molecular flexibility index (Phi) is 2.48. The summed E-state index contributed by atoms with van der Waals surface area (Å²) in [6.07, 6.45) is 3.07. The number of fused-ring (bicyclic) bond motifs is 1. The van der Waals surface area contributed by atoms with Crippen LogP contribution in [0.4, 0.5) is 0 Å². The lowest BCUT2D eigenvalue weighted by molar-refractivity contribution is 0.171. The van der Waals surface area contributed by atoms with Crippen LogP contribution in [-0.2, 0) is 11.2 Å². The van der Waals surface area contributed by atoms with E-state index in [2.05, 4.69) is 19.1 Å². The predicted octanol–water partition coefficient (Wildman–Crippen LogP) is 2.18. The molecule has 1 saturated heterocycles. The van der Waals surface area contributed by atoms with Gasteiger partial charge in [0.25, 0.3) is 0 Å².